The summed E-state index contributed by atoms with van der Waals surface area (Å²) in [6.07, 6.45) is 1.08. The zero-order chi connectivity index (χ0) is 13.5. The van der Waals surface area contributed by atoms with Crippen LogP contribution in [-0.4, -0.2) is 38.1 Å². The van der Waals surface area contributed by atoms with Gasteiger partial charge in [0.2, 0.25) is 0 Å². The summed E-state index contributed by atoms with van der Waals surface area (Å²) in [6.45, 7) is 0. The van der Waals surface area contributed by atoms with Gasteiger partial charge in [-0.3, -0.25) is 4.79 Å². The molecule has 1 fully saturated rings. The van der Waals surface area contributed by atoms with Gasteiger partial charge in [0.15, 0.2) is 9.84 Å². The Hall–Kier alpha value is -1.56. The van der Waals surface area contributed by atoms with Crippen molar-refractivity contribution in [2.75, 3.05) is 13.4 Å². The summed E-state index contributed by atoms with van der Waals surface area (Å²) in [5, 5.41) is 8.21. The third kappa shape index (κ3) is 2.20. The van der Waals surface area contributed by atoms with E-state index in [1.54, 1.807) is 24.3 Å². The van der Waals surface area contributed by atoms with E-state index in [0.29, 0.717) is 5.75 Å². The van der Waals surface area contributed by atoms with Crippen molar-refractivity contribution < 1.29 is 23.1 Å². The van der Waals surface area contributed by atoms with E-state index in [4.69, 9.17) is 9.84 Å². The van der Waals surface area contributed by atoms with Gasteiger partial charge in [-0.15, -0.1) is 0 Å². The van der Waals surface area contributed by atoms with Gasteiger partial charge in [-0.05, 0) is 17.7 Å². The average Bonchev–Trinajstić information content (AvgIpc) is 3.04. The number of hydrogen-bond donors (Lipinski definition) is 1. The summed E-state index contributed by atoms with van der Waals surface area (Å²) >= 11 is 0. The quantitative estimate of drug-likeness (QED) is 0.879. The topological polar surface area (TPSA) is 80.7 Å². The molecule has 0 heterocycles. The highest BCUT2D eigenvalue weighted by atomic mass is 32.2. The first kappa shape index (κ1) is 12.9. The molecule has 18 heavy (non-hydrogen) atoms. The molecule has 0 spiro atoms. The first-order chi connectivity index (χ1) is 8.36. The number of carboxylic acid groups (broad SMARTS) is 1. The van der Waals surface area contributed by atoms with Crippen LogP contribution >= 0.6 is 0 Å². The summed E-state index contributed by atoms with van der Waals surface area (Å²) in [6, 6.07) is 6.83. The third-order valence-corrected chi connectivity index (χ3v) is 4.81. The van der Waals surface area contributed by atoms with Crippen LogP contribution in [0, 0.1) is 5.92 Å². The van der Waals surface area contributed by atoms with Crippen molar-refractivity contribution in [3.63, 3.8) is 0 Å². The fourth-order valence-corrected chi connectivity index (χ4v) is 3.92. The van der Waals surface area contributed by atoms with Crippen molar-refractivity contribution in [3.8, 4) is 5.75 Å². The minimum absolute atomic E-state index is 0.455. The van der Waals surface area contributed by atoms with E-state index < -0.39 is 32.9 Å². The van der Waals surface area contributed by atoms with Gasteiger partial charge in [0.25, 0.3) is 0 Å². The van der Waals surface area contributed by atoms with E-state index in [9.17, 15) is 13.2 Å². The Labute approximate surface area is 105 Å². The van der Waals surface area contributed by atoms with Crippen molar-refractivity contribution in [3.05, 3.63) is 29.8 Å². The molecule has 0 radical (unpaired) electrons. The highest BCUT2D eigenvalue weighted by Crippen LogP contribution is 2.52. The molecule has 1 saturated carbocycles. The van der Waals surface area contributed by atoms with Crippen LogP contribution in [0.1, 0.15) is 11.5 Å². The Bertz CT molecular complexity index is 561. The van der Waals surface area contributed by atoms with E-state index in [1.807, 2.05) is 0 Å². The molecule has 0 saturated heterocycles. The number of rotatable bonds is 4. The molecule has 1 aromatic carbocycles. The lowest BCUT2D eigenvalue weighted by Crippen LogP contribution is -2.10. The van der Waals surface area contributed by atoms with E-state index in [-0.39, 0.29) is 0 Å². The summed E-state index contributed by atoms with van der Waals surface area (Å²) in [5.74, 6) is -1.70. The summed E-state index contributed by atoms with van der Waals surface area (Å²) in [5.41, 5.74) is 0.721. The standard InChI is InChI=1S/C12H14O5S/c1-17-8-5-3-7(4-6-8)9-10(12(13)14)11(9)18(2,15)16/h3-6,9-11H,1-2H3,(H,13,14)/t9-,10+,11+/m1/s1. The van der Waals surface area contributed by atoms with Crippen LogP contribution in [0.5, 0.6) is 5.75 Å². The maximum atomic E-state index is 11.5. The van der Waals surface area contributed by atoms with Crippen molar-refractivity contribution in [2.24, 2.45) is 5.92 Å². The lowest BCUT2D eigenvalue weighted by molar-refractivity contribution is -0.138. The second-order valence-corrected chi connectivity index (χ2v) is 6.66. The third-order valence-electron chi connectivity index (χ3n) is 3.23. The molecule has 5 nitrogen and oxygen atoms in total. The van der Waals surface area contributed by atoms with Gasteiger partial charge in [0, 0.05) is 12.2 Å². The predicted molar refractivity (Wildman–Crippen MR) is 65.5 cm³/mol. The van der Waals surface area contributed by atoms with Gasteiger partial charge in [-0.1, -0.05) is 12.1 Å². The van der Waals surface area contributed by atoms with Gasteiger partial charge < -0.3 is 9.84 Å². The highest BCUT2D eigenvalue weighted by Gasteiger charge is 2.61. The number of hydrogen-bond acceptors (Lipinski definition) is 4. The van der Waals surface area contributed by atoms with Gasteiger partial charge in [-0.2, -0.15) is 0 Å². The number of carboxylic acids is 1. The molecule has 3 atom stereocenters. The monoisotopic (exact) mass is 270 g/mol. The number of methoxy groups -OCH3 is 1. The summed E-state index contributed by atoms with van der Waals surface area (Å²) in [7, 11) is -1.82. The van der Waals surface area contributed by atoms with Crippen LogP contribution in [0.3, 0.4) is 0 Å². The van der Waals surface area contributed by atoms with Gasteiger partial charge in [-0.25, -0.2) is 8.42 Å². The maximum absolute atomic E-state index is 11.5. The number of aliphatic carboxylic acids is 1. The molecule has 2 rings (SSSR count). The molecule has 0 amide bonds. The van der Waals surface area contributed by atoms with E-state index >= 15 is 0 Å². The van der Waals surface area contributed by atoms with Crippen LogP contribution in [0.25, 0.3) is 0 Å². The molecule has 6 heteroatoms. The molecule has 0 aromatic heterocycles. The van der Waals surface area contributed by atoms with Crippen LogP contribution in [0.2, 0.25) is 0 Å². The first-order valence-electron chi connectivity index (χ1n) is 5.42. The van der Waals surface area contributed by atoms with Crippen molar-refractivity contribution >= 4 is 15.8 Å². The van der Waals surface area contributed by atoms with E-state index in [0.717, 1.165) is 11.8 Å². The second kappa shape index (κ2) is 4.28. The minimum Gasteiger partial charge on any atom is -0.497 e. The Balaban J connectivity index is 2.30. The molecular formula is C12H14O5S. The number of carbonyl (C=O) groups is 1. The van der Waals surface area contributed by atoms with Crippen LogP contribution in [-0.2, 0) is 14.6 Å². The fraction of sp³-hybridized carbons (Fsp3) is 0.417. The van der Waals surface area contributed by atoms with Gasteiger partial charge >= 0.3 is 5.97 Å². The Morgan fingerprint density at radius 3 is 2.17 bits per heavy atom. The molecule has 0 aliphatic heterocycles. The Morgan fingerprint density at radius 2 is 1.83 bits per heavy atom. The van der Waals surface area contributed by atoms with Crippen molar-refractivity contribution in [1.82, 2.24) is 0 Å². The molecule has 1 aliphatic carbocycles. The van der Waals surface area contributed by atoms with Gasteiger partial charge in [0.05, 0.1) is 18.3 Å². The maximum Gasteiger partial charge on any atom is 0.308 e. The first-order valence-corrected chi connectivity index (χ1v) is 7.37. The lowest BCUT2D eigenvalue weighted by atomic mass is 10.1. The SMILES string of the molecule is COc1ccc([C@@H]2[C@H](C(=O)O)[C@H]2S(C)(=O)=O)cc1. The Kier molecular flexibility index (Phi) is 3.06. The molecule has 98 valence electrons. The Morgan fingerprint density at radius 1 is 1.28 bits per heavy atom. The molecule has 1 aromatic rings. The molecule has 1 N–H and O–H groups in total. The smallest absolute Gasteiger partial charge is 0.308 e. The zero-order valence-corrected chi connectivity index (χ0v) is 10.8. The number of ether oxygens (including phenoxy) is 1. The molecule has 0 bridgehead atoms. The van der Waals surface area contributed by atoms with Crippen LogP contribution in [0.15, 0.2) is 24.3 Å². The highest BCUT2D eigenvalue weighted by molar-refractivity contribution is 7.91. The largest absolute Gasteiger partial charge is 0.497 e. The second-order valence-electron chi connectivity index (χ2n) is 4.46. The zero-order valence-electron chi connectivity index (χ0n) is 10.0. The van der Waals surface area contributed by atoms with E-state index in [1.165, 1.54) is 7.11 Å². The molecular weight excluding hydrogens is 256 g/mol. The number of sulfone groups is 1. The average molecular weight is 270 g/mol. The van der Waals surface area contributed by atoms with Crippen molar-refractivity contribution in [1.29, 1.82) is 0 Å². The van der Waals surface area contributed by atoms with E-state index in [2.05, 4.69) is 0 Å². The predicted octanol–water partition coefficient (Wildman–Crippen LogP) is 0.906. The fourth-order valence-electron chi connectivity index (χ4n) is 2.33. The number of benzene rings is 1. The minimum atomic E-state index is -3.35. The normalized spacial score (nSPS) is 26.7. The van der Waals surface area contributed by atoms with Gasteiger partial charge in [0.1, 0.15) is 5.75 Å². The van der Waals surface area contributed by atoms with Crippen LogP contribution < -0.4 is 4.74 Å². The summed E-state index contributed by atoms with van der Waals surface area (Å²) < 4.78 is 28.1. The molecule has 1 aliphatic rings. The summed E-state index contributed by atoms with van der Waals surface area (Å²) in [4.78, 5) is 11.0. The lowest BCUT2D eigenvalue weighted by Gasteiger charge is -2.02. The van der Waals surface area contributed by atoms with Crippen molar-refractivity contribution in [2.45, 2.75) is 11.2 Å². The molecule has 0 unspecified atom stereocenters. The van der Waals surface area contributed by atoms with Crippen LogP contribution in [0.4, 0.5) is 0 Å².